The highest BCUT2D eigenvalue weighted by Crippen LogP contribution is 2.32. The number of hydrogen-bond acceptors (Lipinski definition) is 7. The van der Waals surface area contributed by atoms with Crippen molar-refractivity contribution in [3.63, 3.8) is 0 Å². The monoisotopic (exact) mass is 358 g/mol. The SMILES string of the molecule is COC(=O)c1nc(C2CN(c3nc4ccc(C)cc4o3)C2)cnc1Cl. The van der Waals surface area contributed by atoms with E-state index < -0.39 is 5.97 Å². The quantitative estimate of drug-likeness (QED) is 0.665. The highest BCUT2D eigenvalue weighted by atomic mass is 35.5. The number of oxazole rings is 1. The summed E-state index contributed by atoms with van der Waals surface area (Å²) in [7, 11) is 1.28. The Hall–Kier alpha value is -2.67. The molecule has 0 N–H and O–H groups in total. The van der Waals surface area contributed by atoms with Crippen LogP contribution in [0, 0.1) is 6.92 Å². The molecule has 1 fully saturated rings. The van der Waals surface area contributed by atoms with Gasteiger partial charge in [-0.15, -0.1) is 0 Å². The number of ether oxygens (including phenoxy) is 1. The number of nitrogens with zero attached hydrogens (tertiary/aromatic N) is 4. The molecule has 8 heteroatoms. The Kier molecular flexibility index (Phi) is 3.80. The largest absolute Gasteiger partial charge is 0.464 e. The second-order valence-electron chi connectivity index (χ2n) is 6.00. The van der Waals surface area contributed by atoms with Crippen LogP contribution in [0.5, 0.6) is 0 Å². The third-order valence-electron chi connectivity index (χ3n) is 4.23. The summed E-state index contributed by atoms with van der Waals surface area (Å²) in [6.07, 6.45) is 1.59. The van der Waals surface area contributed by atoms with Crippen LogP contribution in [0.2, 0.25) is 5.15 Å². The summed E-state index contributed by atoms with van der Waals surface area (Å²) in [6, 6.07) is 6.51. The first kappa shape index (κ1) is 15.8. The van der Waals surface area contributed by atoms with Crippen molar-refractivity contribution in [2.45, 2.75) is 12.8 Å². The minimum atomic E-state index is -0.593. The van der Waals surface area contributed by atoms with E-state index in [1.165, 1.54) is 7.11 Å². The number of hydrogen-bond donors (Lipinski definition) is 0. The van der Waals surface area contributed by atoms with Crippen molar-refractivity contribution in [2.75, 3.05) is 25.1 Å². The number of esters is 1. The van der Waals surface area contributed by atoms with Gasteiger partial charge in [0.25, 0.3) is 6.01 Å². The number of carbonyl (C=O) groups excluding carboxylic acids is 1. The normalized spacial score (nSPS) is 14.6. The molecule has 0 radical (unpaired) electrons. The summed E-state index contributed by atoms with van der Waals surface area (Å²) in [4.78, 5) is 26.5. The third-order valence-corrected chi connectivity index (χ3v) is 4.50. The average molecular weight is 359 g/mol. The average Bonchev–Trinajstić information content (AvgIpc) is 2.96. The van der Waals surface area contributed by atoms with Crippen molar-refractivity contribution in [1.82, 2.24) is 15.0 Å². The van der Waals surface area contributed by atoms with Gasteiger partial charge in [0.05, 0.1) is 19.0 Å². The Balaban J connectivity index is 1.52. The van der Waals surface area contributed by atoms with Gasteiger partial charge in [-0.3, -0.25) is 0 Å². The van der Waals surface area contributed by atoms with E-state index in [-0.39, 0.29) is 16.8 Å². The first-order valence-corrected chi connectivity index (χ1v) is 8.16. The molecule has 4 rings (SSSR count). The van der Waals surface area contributed by atoms with Crippen LogP contribution in [-0.4, -0.2) is 41.1 Å². The Labute approximate surface area is 148 Å². The Morgan fingerprint density at radius 1 is 1.36 bits per heavy atom. The fourth-order valence-electron chi connectivity index (χ4n) is 2.79. The molecule has 0 unspecified atom stereocenters. The van der Waals surface area contributed by atoms with E-state index in [4.69, 9.17) is 16.0 Å². The van der Waals surface area contributed by atoms with Crippen molar-refractivity contribution < 1.29 is 13.9 Å². The number of methoxy groups -OCH3 is 1. The van der Waals surface area contributed by atoms with Crippen LogP contribution in [0.15, 0.2) is 28.8 Å². The highest BCUT2D eigenvalue weighted by Gasteiger charge is 2.33. The fraction of sp³-hybridized carbons (Fsp3) is 0.294. The van der Waals surface area contributed by atoms with Crippen LogP contribution in [0.4, 0.5) is 6.01 Å². The molecule has 1 aliphatic heterocycles. The maximum atomic E-state index is 11.7. The van der Waals surface area contributed by atoms with E-state index in [0.717, 1.165) is 16.7 Å². The molecule has 0 bridgehead atoms. The summed E-state index contributed by atoms with van der Waals surface area (Å²) in [6.45, 7) is 3.38. The first-order chi connectivity index (χ1) is 12.0. The number of fused-ring (bicyclic) bond motifs is 1. The summed E-state index contributed by atoms with van der Waals surface area (Å²) < 4.78 is 10.5. The van der Waals surface area contributed by atoms with Crippen molar-refractivity contribution in [2.24, 2.45) is 0 Å². The van der Waals surface area contributed by atoms with Gasteiger partial charge in [-0.05, 0) is 24.6 Å². The molecule has 1 aliphatic rings. The molecule has 0 aliphatic carbocycles. The molecule has 3 aromatic rings. The number of rotatable bonds is 3. The van der Waals surface area contributed by atoms with Crippen LogP contribution < -0.4 is 4.90 Å². The maximum absolute atomic E-state index is 11.7. The topological polar surface area (TPSA) is 81.4 Å². The summed E-state index contributed by atoms with van der Waals surface area (Å²) >= 11 is 5.91. The first-order valence-electron chi connectivity index (χ1n) is 7.78. The van der Waals surface area contributed by atoms with Crippen molar-refractivity contribution in [1.29, 1.82) is 0 Å². The molecule has 0 atom stereocenters. The fourth-order valence-corrected chi connectivity index (χ4v) is 2.96. The van der Waals surface area contributed by atoms with Gasteiger partial charge in [0, 0.05) is 19.0 Å². The van der Waals surface area contributed by atoms with E-state index >= 15 is 0 Å². The second-order valence-corrected chi connectivity index (χ2v) is 6.35. The zero-order valence-electron chi connectivity index (χ0n) is 13.7. The maximum Gasteiger partial charge on any atom is 0.359 e. The van der Waals surface area contributed by atoms with Gasteiger partial charge in [0.15, 0.2) is 16.4 Å². The highest BCUT2D eigenvalue weighted by molar-refractivity contribution is 6.32. The second kappa shape index (κ2) is 6.00. The minimum absolute atomic E-state index is 0.0393. The van der Waals surface area contributed by atoms with Gasteiger partial charge < -0.3 is 14.1 Å². The van der Waals surface area contributed by atoms with Gasteiger partial charge in [-0.1, -0.05) is 17.7 Å². The number of halogens is 1. The molecule has 0 saturated carbocycles. The minimum Gasteiger partial charge on any atom is -0.464 e. The standard InChI is InChI=1S/C17H15ClN4O3/c1-9-3-4-11-13(5-9)25-17(21-11)22-7-10(8-22)12-6-19-15(18)14(20-12)16(23)24-2/h3-6,10H,7-8H2,1-2H3. The molecule has 25 heavy (non-hydrogen) atoms. The summed E-state index contributed by atoms with van der Waals surface area (Å²) in [5.41, 5.74) is 3.48. The van der Waals surface area contributed by atoms with Gasteiger partial charge in [0.1, 0.15) is 5.52 Å². The van der Waals surface area contributed by atoms with Crippen molar-refractivity contribution in [3.8, 4) is 0 Å². The Morgan fingerprint density at radius 3 is 2.92 bits per heavy atom. The van der Waals surface area contributed by atoms with Crippen molar-refractivity contribution in [3.05, 3.63) is 46.5 Å². The van der Waals surface area contributed by atoms with Gasteiger partial charge in [-0.2, -0.15) is 4.98 Å². The number of carbonyl (C=O) groups is 1. The van der Waals surface area contributed by atoms with E-state index in [0.29, 0.717) is 24.8 Å². The number of anilines is 1. The van der Waals surface area contributed by atoms with Gasteiger partial charge in [0.2, 0.25) is 0 Å². The number of benzene rings is 1. The lowest BCUT2D eigenvalue weighted by Crippen LogP contribution is -2.45. The summed E-state index contributed by atoms with van der Waals surface area (Å²) in [5, 5.41) is 0.0427. The lowest BCUT2D eigenvalue weighted by atomic mass is 9.97. The summed E-state index contributed by atoms with van der Waals surface area (Å²) in [5.74, 6) is -0.463. The number of aryl methyl sites for hydroxylation is 1. The molecule has 7 nitrogen and oxygen atoms in total. The molecule has 0 spiro atoms. The van der Waals surface area contributed by atoms with E-state index in [1.807, 2.05) is 30.0 Å². The molecular formula is C17H15ClN4O3. The van der Waals surface area contributed by atoms with E-state index in [9.17, 15) is 4.79 Å². The molecule has 2 aromatic heterocycles. The zero-order chi connectivity index (χ0) is 17.6. The molecular weight excluding hydrogens is 344 g/mol. The van der Waals surface area contributed by atoms with Crippen LogP contribution >= 0.6 is 11.6 Å². The van der Waals surface area contributed by atoms with Gasteiger partial charge in [-0.25, -0.2) is 14.8 Å². The molecule has 3 heterocycles. The smallest absolute Gasteiger partial charge is 0.359 e. The molecule has 1 aromatic carbocycles. The van der Waals surface area contributed by atoms with Crippen molar-refractivity contribution >= 4 is 34.7 Å². The zero-order valence-corrected chi connectivity index (χ0v) is 14.4. The molecule has 1 saturated heterocycles. The van der Waals surface area contributed by atoms with Crippen LogP contribution in [-0.2, 0) is 4.74 Å². The molecule has 128 valence electrons. The lowest BCUT2D eigenvalue weighted by Gasteiger charge is -2.37. The van der Waals surface area contributed by atoms with Crippen LogP contribution in [0.3, 0.4) is 0 Å². The van der Waals surface area contributed by atoms with Crippen LogP contribution in [0.1, 0.15) is 27.7 Å². The van der Waals surface area contributed by atoms with E-state index in [1.54, 1.807) is 6.20 Å². The number of aromatic nitrogens is 3. The third kappa shape index (κ3) is 2.80. The van der Waals surface area contributed by atoms with Crippen LogP contribution in [0.25, 0.3) is 11.1 Å². The Bertz CT molecular complexity index is 966. The molecule has 0 amide bonds. The lowest BCUT2D eigenvalue weighted by molar-refractivity contribution is 0.0593. The predicted octanol–water partition coefficient (Wildman–Crippen LogP) is 2.97. The van der Waals surface area contributed by atoms with E-state index in [2.05, 4.69) is 19.7 Å². The predicted molar refractivity (Wildman–Crippen MR) is 92.1 cm³/mol. The van der Waals surface area contributed by atoms with Gasteiger partial charge >= 0.3 is 5.97 Å². The Morgan fingerprint density at radius 2 is 2.16 bits per heavy atom.